The van der Waals surface area contributed by atoms with Crippen molar-refractivity contribution >= 4 is 22.8 Å². The highest BCUT2D eigenvalue weighted by molar-refractivity contribution is 6.10. The molecule has 4 aromatic rings. The zero-order chi connectivity index (χ0) is 29.6. The molecule has 1 aliphatic rings. The van der Waals surface area contributed by atoms with Gasteiger partial charge in [0.15, 0.2) is 5.88 Å². The van der Waals surface area contributed by atoms with Crippen LogP contribution in [0.15, 0.2) is 47.1 Å². The van der Waals surface area contributed by atoms with Gasteiger partial charge in [-0.1, -0.05) is 65.0 Å². The predicted molar refractivity (Wildman–Crippen MR) is 163 cm³/mol. The molecule has 8 nitrogen and oxygen atoms in total. The smallest absolute Gasteiger partial charge is 0.340 e. The van der Waals surface area contributed by atoms with E-state index in [4.69, 9.17) is 14.1 Å². The van der Waals surface area contributed by atoms with Gasteiger partial charge < -0.3 is 24.6 Å². The largest absolute Gasteiger partial charge is 0.494 e. The van der Waals surface area contributed by atoms with Crippen molar-refractivity contribution in [2.45, 2.75) is 84.6 Å². The van der Waals surface area contributed by atoms with Crippen LogP contribution in [0.3, 0.4) is 0 Å². The molecule has 0 aliphatic heterocycles. The Hall–Kier alpha value is -4.07. The highest BCUT2D eigenvalue weighted by Crippen LogP contribution is 2.42. The Bertz CT molecular complexity index is 1510. The number of esters is 1. The lowest BCUT2D eigenvalue weighted by Gasteiger charge is -2.22. The molecule has 0 unspecified atom stereocenters. The molecular formula is C34H41N3O5. The van der Waals surface area contributed by atoms with Gasteiger partial charge in [0.25, 0.3) is 5.91 Å². The van der Waals surface area contributed by atoms with Crippen LogP contribution in [-0.2, 0) is 17.7 Å². The first-order valence-corrected chi connectivity index (χ1v) is 15.2. The Labute approximate surface area is 246 Å². The van der Waals surface area contributed by atoms with Gasteiger partial charge in [-0.3, -0.25) is 4.79 Å². The van der Waals surface area contributed by atoms with Crippen LogP contribution in [0.2, 0.25) is 0 Å². The molecule has 8 heteroatoms. The lowest BCUT2D eigenvalue weighted by Crippen LogP contribution is -2.22. The van der Waals surface area contributed by atoms with Crippen LogP contribution in [0.1, 0.15) is 109 Å². The number of hydrogen-bond donors (Lipinski definition) is 3. The fraction of sp³-hybridized carbons (Fsp3) is 0.441. The molecule has 0 saturated heterocycles. The van der Waals surface area contributed by atoms with E-state index < -0.39 is 5.97 Å². The van der Waals surface area contributed by atoms with Gasteiger partial charge in [-0.15, -0.1) is 0 Å². The number of benzene rings is 1. The summed E-state index contributed by atoms with van der Waals surface area (Å²) in [6.07, 6.45) is 10.1. The number of pyridine rings is 1. The lowest BCUT2D eigenvalue weighted by atomic mass is 9.84. The Morgan fingerprint density at radius 3 is 2.57 bits per heavy atom. The number of furan rings is 1. The third-order valence-corrected chi connectivity index (χ3v) is 8.19. The monoisotopic (exact) mass is 571 g/mol. The standard InChI is InChI=1S/C34H41N3O5/c1-4-18-42-34(40)28-26(17-12-22-9-6-5-7-10-22)36-31-29(33(39)37-30(31)21(2)3)27(28)23-13-15-24(16-14-23)32(38)35-20-25-11-8-19-41-25/h8,11,13-16,19,21-22,37,39H,4-7,9-10,12,17-18,20H2,1-3H3,(H,35,38). The summed E-state index contributed by atoms with van der Waals surface area (Å²) in [7, 11) is 0. The Kier molecular flexibility index (Phi) is 9.30. The molecule has 3 heterocycles. The van der Waals surface area contributed by atoms with Crippen LogP contribution in [0.4, 0.5) is 0 Å². The second-order valence-electron chi connectivity index (χ2n) is 11.6. The van der Waals surface area contributed by atoms with E-state index in [0.717, 1.165) is 12.1 Å². The molecule has 1 amide bonds. The van der Waals surface area contributed by atoms with Crippen LogP contribution in [-0.4, -0.2) is 33.6 Å². The number of rotatable bonds is 11. The molecule has 5 rings (SSSR count). The maximum Gasteiger partial charge on any atom is 0.340 e. The van der Waals surface area contributed by atoms with Crippen molar-refractivity contribution in [1.82, 2.24) is 15.3 Å². The summed E-state index contributed by atoms with van der Waals surface area (Å²) in [6, 6.07) is 10.7. The van der Waals surface area contributed by atoms with Crippen molar-refractivity contribution in [3.8, 4) is 17.0 Å². The van der Waals surface area contributed by atoms with Crippen molar-refractivity contribution < 1.29 is 23.8 Å². The first kappa shape index (κ1) is 29.4. The van der Waals surface area contributed by atoms with Crippen molar-refractivity contribution in [3.05, 3.63) is 70.9 Å². The van der Waals surface area contributed by atoms with Crippen molar-refractivity contribution in [2.75, 3.05) is 6.61 Å². The number of aromatic amines is 1. The molecule has 3 aromatic heterocycles. The Balaban J connectivity index is 1.59. The molecule has 0 atom stereocenters. The third-order valence-electron chi connectivity index (χ3n) is 8.19. The summed E-state index contributed by atoms with van der Waals surface area (Å²) < 4.78 is 11.0. The molecule has 1 saturated carbocycles. The molecule has 1 fully saturated rings. The van der Waals surface area contributed by atoms with Gasteiger partial charge >= 0.3 is 5.97 Å². The average Bonchev–Trinajstić information content (AvgIpc) is 3.65. The fourth-order valence-corrected chi connectivity index (χ4v) is 5.97. The van der Waals surface area contributed by atoms with E-state index in [1.807, 2.05) is 32.9 Å². The van der Waals surface area contributed by atoms with Gasteiger partial charge in [-0.05, 0) is 60.9 Å². The number of aryl methyl sites for hydroxylation is 1. The molecule has 0 bridgehead atoms. The first-order valence-electron chi connectivity index (χ1n) is 15.2. The number of fused-ring (bicyclic) bond motifs is 1. The minimum absolute atomic E-state index is 0.0279. The number of carbonyl (C=O) groups is 2. The number of carbonyl (C=O) groups excluding carboxylic acids is 2. The summed E-state index contributed by atoms with van der Waals surface area (Å²) in [5.41, 5.74) is 4.36. The Morgan fingerprint density at radius 2 is 1.90 bits per heavy atom. The van der Waals surface area contributed by atoms with Crippen molar-refractivity contribution in [3.63, 3.8) is 0 Å². The normalized spacial score (nSPS) is 14.0. The first-order chi connectivity index (χ1) is 20.4. The minimum Gasteiger partial charge on any atom is -0.494 e. The lowest BCUT2D eigenvalue weighted by molar-refractivity contribution is 0.0504. The molecule has 1 aromatic carbocycles. The van der Waals surface area contributed by atoms with Crippen LogP contribution in [0.25, 0.3) is 22.0 Å². The SMILES string of the molecule is CCCOC(=O)c1c(CCC2CCCCC2)nc2c(C(C)C)[nH]c(O)c2c1-c1ccc(C(=O)NCc2ccco2)cc1. The van der Waals surface area contributed by atoms with E-state index in [2.05, 4.69) is 10.3 Å². The summed E-state index contributed by atoms with van der Waals surface area (Å²) >= 11 is 0. The third kappa shape index (κ3) is 6.37. The number of ether oxygens (including phenoxy) is 1. The van der Waals surface area contributed by atoms with E-state index in [1.165, 1.54) is 32.1 Å². The van der Waals surface area contributed by atoms with Crippen molar-refractivity contribution in [1.29, 1.82) is 0 Å². The molecule has 1 aliphatic carbocycles. The summed E-state index contributed by atoms with van der Waals surface area (Å²) in [5.74, 6) is 0.659. The molecule has 0 radical (unpaired) electrons. The topological polar surface area (TPSA) is 117 Å². The van der Waals surface area contributed by atoms with Gasteiger partial charge in [-0.2, -0.15) is 0 Å². The van der Waals surface area contributed by atoms with Crippen LogP contribution in [0, 0.1) is 5.92 Å². The summed E-state index contributed by atoms with van der Waals surface area (Å²) in [4.78, 5) is 34.7. The van der Waals surface area contributed by atoms with E-state index in [-0.39, 0.29) is 24.2 Å². The van der Waals surface area contributed by atoms with Crippen LogP contribution >= 0.6 is 0 Å². The molecule has 222 valence electrons. The predicted octanol–water partition coefficient (Wildman–Crippen LogP) is 7.66. The summed E-state index contributed by atoms with van der Waals surface area (Å²) in [6.45, 7) is 6.64. The summed E-state index contributed by atoms with van der Waals surface area (Å²) in [5, 5.41) is 14.5. The van der Waals surface area contributed by atoms with E-state index in [0.29, 0.717) is 70.0 Å². The van der Waals surface area contributed by atoms with Crippen molar-refractivity contribution in [2.24, 2.45) is 5.92 Å². The number of hydrogen-bond acceptors (Lipinski definition) is 6. The maximum absolute atomic E-state index is 13.7. The van der Waals surface area contributed by atoms with E-state index >= 15 is 0 Å². The zero-order valence-corrected chi connectivity index (χ0v) is 24.8. The van der Waals surface area contributed by atoms with Gasteiger partial charge in [-0.25, -0.2) is 9.78 Å². The van der Waals surface area contributed by atoms with Gasteiger partial charge in [0, 0.05) is 16.8 Å². The molecular weight excluding hydrogens is 530 g/mol. The minimum atomic E-state index is -0.438. The van der Waals surface area contributed by atoms with Gasteiger partial charge in [0.2, 0.25) is 0 Å². The maximum atomic E-state index is 13.7. The molecule has 0 spiro atoms. The number of aromatic hydroxyl groups is 1. The highest BCUT2D eigenvalue weighted by atomic mass is 16.5. The fourth-order valence-electron chi connectivity index (χ4n) is 5.97. The van der Waals surface area contributed by atoms with E-state index in [9.17, 15) is 14.7 Å². The van der Waals surface area contributed by atoms with Crippen LogP contribution in [0.5, 0.6) is 5.88 Å². The Morgan fingerprint density at radius 1 is 1.14 bits per heavy atom. The number of nitrogens with zero attached hydrogens (tertiary/aromatic N) is 1. The highest BCUT2D eigenvalue weighted by Gasteiger charge is 2.29. The van der Waals surface area contributed by atoms with Gasteiger partial charge in [0.1, 0.15) is 5.76 Å². The second-order valence-corrected chi connectivity index (χ2v) is 11.6. The van der Waals surface area contributed by atoms with E-state index in [1.54, 1.807) is 30.5 Å². The van der Waals surface area contributed by atoms with Crippen LogP contribution < -0.4 is 5.32 Å². The number of H-pyrrole nitrogens is 1. The second kappa shape index (κ2) is 13.3. The number of amides is 1. The molecule has 42 heavy (non-hydrogen) atoms. The quantitative estimate of drug-likeness (QED) is 0.159. The average molecular weight is 572 g/mol. The number of nitrogens with one attached hydrogen (secondary N) is 2. The molecule has 3 N–H and O–H groups in total. The number of aromatic nitrogens is 2. The zero-order valence-electron chi connectivity index (χ0n) is 24.8. The van der Waals surface area contributed by atoms with Gasteiger partial charge in [0.05, 0.1) is 41.6 Å².